The van der Waals surface area contributed by atoms with Crippen LogP contribution in [0.4, 0.5) is 4.79 Å². The second kappa shape index (κ2) is 7.78. The summed E-state index contributed by atoms with van der Waals surface area (Å²) >= 11 is 0. The summed E-state index contributed by atoms with van der Waals surface area (Å²) in [6.45, 7) is 5.52. The molecule has 1 unspecified atom stereocenters. The molecule has 1 fully saturated rings. The van der Waals surface area contributed by atoms with E-state index in [0.717, 1.165) is 24.0 Å². The van der Waals surface area contributed by atoms with E-state index in [0.29, 0.717) is 12.3 Å². The zero-order valence-electron chi connectivity index (χ0n) is 17.8. The van der Waals surface area contributed by atoms with E-state index in [2.05, 4.69) is 24.3 Å². The highest BCUT2D eigenvalue weighted by Gasteiger charge is 2.48. The minimum absolute atomic E-state index is 0.0464. The first-order valence-electron chi connectivity index (χ1n) is 10.7. The molecule has 2 aromatic carbocycles. The standard InChI is InChI=1S/C25H29NO4/c1-16(2)26(25(3,23(27)28)14-17-12-13-17)24(29)30-15-22-20-10-6-4-8-18(20)19-9-5-7-11-21(19)22/h4-11,16-17,22H,12-15H2,1-3H3,(H,27,28). The lowest BCUT2D eigenvalue weighted by Gasteiger charge is -2.40. The van der Waals surface area contributed by atoms with E-state index >= 15 is 0 Å². The Morgan fingerprint density at radius 3 is 2.07 bits per heavy atom. The van der Waals surface area contributed by atoms with Crippen molar-refractivity contribution in [3.05, 3.63) is 59.7 Å². The van der Waals surface area contributed by atoms with Crippen molar-refractivity contribution in [1.82, 2.24) is 4.90 Å². The van der Waals surface area contributed by atoms with E-state index < -0.39 is 17.6 Å². The van der Waals surface area contributed by atoms with Gasteiger partial charge in [-0.2, -0.15) is 0 Å². The van der Waals surface area contributed by atoms with Crippen LogP contribution in [0.25, 0.3) is 11.1 Å². The molecule has 0 saturated heterocycles. The zero-order chi connectivity index (χ0) is 21.5. The van der Waals surface area contributed by atoms with Crippen LogP contribution in [0.5, 0.6) is 0 Å². The molecule has 1 atom stereocenters. The Hall–Kier alpha value is -2.82. The van der Waals surface area contributed by atoms with Crippen LogP contribution < -0.4 is 0 Å². The fraction of sp³-hybridized carbons (Fsp3) is 0.440. The number of ether oxygens (including phenoxy) is 1. The van der Waals surface area contributed by atoms with E-state index in [9.17, 15) is 14.7 Å². The number of aliphatic carboxylic acids is 1. The molecule has 2 aromatic rings. The van der Waals surface area contributed by atoms with Gasteiger partial charge in [0.25, 0.3) is 0 Å². The Bertz CT molecular complexity index is 920. The number of carboxylic acid groups (broad SMARTS) is 1. The van der Waals surface area contributed by atoms with Crippen molar-refractivity contribution in [3.63, 3.8) is 0 Å². The number of carbonyl (C=O) groups excluding carboxylic acids is 1. The number of fused-ring (bicyclic) bond motifs is 3. The smallest absolute Gasteiger partial charge is 0.410 e. The molecule has 0 aliphatic heterocycles. The highest BCUT2D eigenvalue weighted by atomic mass is 16.6. The lowest BCUT2D eigenvalue weighted by atomic mass is 9.91. The quantitative estimate of drug-likeness (QED) is 0.677. The van der Waals surface area contributed by atoms with Gasteiger partial charge in [-0.3, -0.25) is 4.90 Å². The first-order valence-corrected chi connectivity index (χ1v) is 10.7. The van der Waals surface area contributed by atoms with E-state index in [4.69, 9.17) is 4.74 Å². The summed E-state index contributed by atoms with van der Waals surface area (Å²) in [5.74, 6) is -0.653. The van der Waals surface area contributed by atoms with Gasteiger partial charge < -0.3 is 9.84 Å². The Kier molecular flexibility index (Phi) is 5.31. The van der Waals surface area contributed by atoms with Crippen LogP contribution >= 0.6 is 0 Å². The second-order valence-corrected chi connectivity index (χ2v) is 8.99. The number of carboxylic acids is 1. The van der Waals surface area contributed by atoms with Crippen LogP contribution in [0.3, 0.4) is 0 Å². The minimum atomic E-state index is -1.27. The SMILES string of the molecule is CC(C)N(C(=O)OCC1c2ccccc2-c2ccccc21)C(C)(CC1CC1)C(=O)O. The van der Waals surface area contributed by atoms with E-state index in [1.165, 1.54) is 16.0 Å². The number of nitrogens with zero attached hydrogens (tertiary/aromatic N) is 1. The normalized spacial score (nSPS) is 17.2. The van der Waals surface area contributed by atoms with Gasteiger partial charge in [0.2, 0.25) is 0 Å². The lowest BCUT2D eigenvalue weighted by Crippen LogP contribution is -2.58. The molecule has 30 heavy (non-hydrogen) atoms. The predicted octanol–water partition coefficient (Wildman–Crippen LogP) is 5.29. The van der Waals surface area contributed by atoms with Crippen LogP contribution in [0.1, 0.15) is 57.1 Å². The number of rotatable bonds is 7. The maximum Gasteiger partial charge on any atom is 0.410 e. The summed E-state index contributed by atoms with van der Waals surface area (Å²) < 4.78 is 5.79. The molecular formula is C25H29NO4. The van der Waals surface area contributed by atoms with Gasteiger partial charge in [0.15, 0.2) is 0 Å². The molecule has 2 aliphatic carbocycles. The summed E-state index contributed by atoms with van der Waals surface area (Å²) in [7, 11) is 0. The number of hydrogen-bond acceptors (Lipinski definition) is 3. The predicted molar refractivity (Wildman–Crippen MR) is 115 cm³/mol. The van der Waals surface area contributed by atoms with Gasteiger partial charge in [-0.25, -0.2) is 9.59 Å². The fourth-order valence-corrected chi connectivity index (χ4v) is 4.82. The topological polar surface area (TPSA) is 66.8 Å². The molecule has 2 aliphatic rings. The molecule has 1 amide bonds. The van der Waals surface area contributed by atoms with E-state index in [-0.39, 0.29) is 18.6 Å². The van der Waals surface area contributed by atoms with E-state index in [1.54, 1.807) is 6.92 Å². The van der Waals surface area contributed by atoms with Gasteiger partial charge >= 0.3 is 12.1 Å². The van der Waals surface area contributed by atoms with Gasteiger partial charge in [0.1, 0.15) is 12.1 Å². The third-order valence-corrected chi connectivity index (χ3v) is 6.42. The Balaban J connectivity index is 1.56. The lowest BCUT2D eigenvalue weighted by molar-refractivity contribution is -0.151. The highest BCUT2D eigenvalue weighted by Crippen LogP contribution is 2.45. The molecule has 4 rings (SSSR count). The van der Waals surface area contributed by atoms with Crippen LogP contribution in [0.2, 0.25) is 0 Å². The summed E-state index contributed by atoms with van der Waals surface area (Å²) in [5, 5.41) is 9.97. The van der Waals surface area contributed by atoms with Crippen molar-refractivity contribution in [3.8, 4) is 11.1 Å². The maximum atomic E-state index is 13.2. The average molecular weight is 408 g/mol. The third kappa shape index (κ3) is 3.57. The van der Waals surface area contributed by atoms with Gasteiger partial charge in [0.05, 0.1) is 0 Å². The van der Waals surface area contributed by atoms with Crippen LogP contribution in [0.15, 0.2) is 48.5 Å². The Morgan fingerprint density at radius 1 is 1.07 bits per heavy atom. The zero-order valence-corrected chi connectivity index (χ0v) is 17.8. The fourth-order valence-electron chi connectivity index (χ4n) is 4.82. The summed E-state index contributed by atoms with van der Waals surface area (Å²) in [4.78, 5) is 26.7. The molecule has 1 saturated carbocycles. The Labute approximate surface area is 177 Å². The van der Waals surface area contributed by atoms with Crippen LogP contribution in [0, 0.1) is 5.92 Å². The molecule has 0 aromatic heterocycles. The molecular weight excluding hydrogens is 378 g/mol. The van der Waals surface area contributed by atoms with Crippen molar-refractivity contribution < 1.29 is 19.4 Å². The van der Waals surface area contributed by atoms with Crippen molar-refractivity contribution >= 4 is 12.1 Å². The number of hydrogen-bond donors (Lipinski definition) is 1. The molecule has 5 heteroatoms. The summed E-state index contributed by atoms with van der Waals surface area (Å²) in [5.41, 5.74) is 3.35. The largest absolute Gasteiger partial charge is 0.480 e. The average Bonchev–Trinajstić information content (AvgIpc) is 3.46. The minimum Gasteiger partial charge on any atom is -0.480 e. The van der Waals surface area contributed by atoms with Gasteiger partial charge in [-0.1, -0.05) is 61.4 Å². The molecule has 5 nitrogen and oxygen atoms in total. The first-order chi connectivity index (χ1) is 14.3. The molecule has 0 bridgehead atoms. The van der Waals surface area contributed by atoms with Crippen molar-refractivity contribution in [2.24, 2.45) is 5.92 Å². The summed E-state index contributed by atoms with van der Waals surface area (Å²) in [6.07, 6.45) is 1.96. The summed E-state index contributed by atoms with van der Waals surface area (Å²) in [6, 6.07) is 16.1. The molecule has 0 spiro atoms. The van der Waals surface area contributed by atoms with Gasteiger partial charge in [-0.05, 0) is 55.4 Å². The second-order valence-electron chi connectivity index (χ2n) is 8.99. The van der Waals surface area contributed by atoms with Gasteiger partial charge in [-0.15, -0.1) is 0 Å². The number of amides is 1. The molecule has 0 heterocycles. The monoisotopic (exact) mass is 407 g/mol. The number of benzene rings is 2. The molecule has 158 valence electrons. The third-order valence-electron chi connectivity index (χ3n) is 6.42. The van der Waals surface area contributed by atoms with Crippen molar-refractivity contribution in [2.45, 2.75) is 57.5 Å². The van der Waals surface area contributed by atoms with Crippen molar-refractivity contribution in [2.75, 3.05) is 6.61 Å². The van der Waals surface area contributed by atoms with Gasteiger partial charge in [0, 0.05) is 12.0 Å². The van der Waals surface area contributed by atoms with E-state index in [1.807, 2.05) is 38.1 Å². The molecule has 0 radical (unpaired) electrons. The van der Waals surface area contributed by atoms with Crippen LogP contribution in [-0.2, 0) is 9.53 Å². The first kappa shape index (κ1) is 20.5. The maximum absolute atomic E-state index is 13.2. The molecule has 1 N–H and O–H groups in total. The highest BCUT2D eigenvalue weighted by molar-refractivity contribution is 5.84. The van der Waals surface area contributed by atoms with Crippen molar-refractivity contribution in [1.29, 1.82) is 0 Å². The number of carbonyl (C=O) groups is 2. The van der Waals surface area contributed by atoms with Crippen LogP contribution in [-0.4, -0.2) is 40.3 Å². The Morgan fingerprint density at radius 2 is 1.60 bits per heavy atom.